The summed E-state index contributed by atoms with van der Waals surface area (Å²) in [6.45, 7) is 2.47. The zero-order chi connectivity index (χ0) is 17.3. The van der Waals surface area contributed by atoms with Crippen LogP contribution >= 0.6 is 0 Å². The number of pyridine rings is 1. The molecule has 0 saturated carbocycles. The smallest absolute Gasteiger partial charge is 0.337 e. The van der Waals surface area contributed by atoms with E-state index < -0.39 is 0 Å². The molecule has 0 aliphatic rings. The minimum atomic E-state index is -0.362. The van der Waals surface area contributed by atoms with Crippen LogP contribution in [0.1, 0.15) is 21.6 Å². The maximum absolute atomic E-state index is 12.2. The Labute approximate surface area is 139 Å². The van der Waals surface area contributed by atoms with Gasteiger partial charge in [-0.1, -0.05) is 12.1 Å². The van der Waals surface area contributed by atoms with E-state index in [9.17, 15) is 9.59 Å². The minimum absolute atomic E-state index is 0.0141. The van der Waals surface area contributed by atoms with Gasteiger partial charge in [0.15, 0.2) is 5.43 Å². The highest BCUT2D eigenvalue weighted by atomic mass is 16.5. The first-order valence-electron chi connectivity index (χ1n) is 7.56. The summed E-state index contributed by atoms with van der Waals surface area (Å²) in [5.74, 6) is -0.362. The van der Waals surface area contributed by atoms with Crippen LogP contribution in [-0.2, 0) is 11.3 Å². The summed E-state index contributed by atoms with van der Waals surface area (Å²) < 4.78 is 6.75. The van der Waals surface area contributed by atoms with Crippen molar-refractivity contribution in [2.75, 3.05) is 12.8 Å². The van der Waals surface area contributed by atoms with E-state index >= 15 is 0 Å². The van der Waals surface area contributed by atoms with Crippen molar-refractivity contribution in [3.8, 4) is 0 Å². The molecule has 0 atom stereocenters. The molecule has 0 aliphatic heterocycles. The van der Waals surface area contributed by atoms with Gasteiger partial charge >= 0.3 is 5.97 Å². The third kappa shape index (κ3) is 2.88. The Morgan fingerprint density at radius 2 is 1.83 bits per heavy atom. The first kappa shape index (κ1) is 15.8. The highest BCUT2D eigenvalue weighted by molar-refractivity contribution is 5.89. The van der Waals surface area contributed by atoms with Crippen LogP contribution in [0, 0.1) is 6.92 Å². The zero-order valence-corrected chi connectivity index (χ0v) is 13.6. The summed E-state index contributed by atoms with van der Waals surface area (Å²) in [6, 6.07) is 14.1. The number of ether oxygens (including phenoxy) is 1. The molecule has 24 heavy (non-hydrogen) atoms. The van der Waals surface area contributed by atoms with Crippen molar-refractivity contribution < 1.29 is 9.53 Å². The molecule has 3 rings (SSSR count). The number of nitrogens with two attached hydrogens (primary N) is 1. The number of fused-ring (bicyclic) bond motifs is 1. The van der Waals surface area contributed by atoms with E-state index in [0.29, 0.717) is 23.2 Å². The molecule has 0 amide bonds. The summed E-state index contributed by atoms with van der Waals surface area (Å²) in [5, 5.41) is 0.640. The number of esters is 1. The second-order valence-electron chi connectivity index (χ2n) is 5.70. The van der Waals surface area contributed by atoms with E-state index in [1.54, 1.807) is 30.3 Å². The number of hydrogen-bond donors (Lipinski definition) is 1. The van der Waals surface area contributed by atoms with Crippen molar-refractivity contribution in [1.82, 2.24) is 4.57 Å². The molecule has 1 aromatic heterocycles. The fourth-order valence-corrected chi connectivity index (χ4v) is 2.77. The molecule has 0 aliphatic carbocycles. The molecule has 0 spiro atoms. The van der Waals surface area contributed by atoms with Gasteiger partial charge in [0.05, 0.1) is 18.2 Å². The molecule has 5 nitrogen and oxygen atoms in total. The van der Waals surface area contributed by atoms with Crippen molar-refractivity contribution >= 4 is 22.6 Å². The Balaban J connectivity index is 2.05. The quantitative estimate of drug-likeness (QED) is 0.594. The van der Waals surface area contributed by atoms with E-state index in [-0.39, 0.29) is 11.4 Å². The Hall–Kier alpha value is -3.08. The monoisotopic (exact) mass is 322 g/mol. The van der Waals surface area contributed by atoms with Gasteiger partial charge in [-0.15, -0.1) is 0 Å². The fourth-order valence-electron chi connectivity index (χ4n) is 2.77. The van der Waals surface area contributed by atoms with E-state index in [1.165, 1.54) is 7.11 Å². The van der Waals surface area contributed by atoms with Crippen LogP contribution in [0.5, 0.6) is 0 Å². The number of carbonyl (C=O) groups is 1. The molecular weight excluding hydrogens is 304 g/mol. The van der Waals surface area contributed by atoms with Gasteiger partial charge in [-0.25, -0.2) is 4.79 Å². The molecule has 0 saturated heterocycles. The van der Waals surface area contributed by atoms with Crippen molar-refractivity contribution in [2.45, 2.75) is 13.5 Å². The number of methoxy groups -OCH3 is 1. The number of anilines is 1. The van der Waals surface area contributed by atoms with Crippen molar-refractivity contribution in [3.05, 3.63) is 75.6 Å². The van der Waals surface area contributed by atoms with Gasteiger partial charge in [0.2, 0.25) is 0 Å². The van der Waals surface area contributed by atoms with Crippen molar-refractivity contribution in [1.29, 1.82) is 0 Å². The molecule has 122 valence electrons. The summed E-state index contributed by atoms with van der Waals surface area (Å²) in [5.41, 5.74) is 9.67. The van der Waals surface area contributed by atoms with E-state index in [1.807, 2.05) is 29.7 Å². The minimum Gasteiger partial charge on any atom is -0.465 e. The Kier molecular flexibility index (Phi) is 4.08. The van der Waals surface area contributed by atoms with Crippen LogP contribution in [0.3, 0.4) is 0 Å². The highest BCUT2D eigenvalue weighted by Gasteiger charge is 2.09. The molecule has 5 heteroatoms. The largest absolute Gasteiger partial charge is 0.465 e. The molecule has 0 fully saturated rings. The summed E-state index contributed by atoms with van der Waals surface area (Å²) in [6.07, 6.45) is 0. The highest BCUT2D eigenvalue weighted by Crippen LogP contribution is 2.18. The van der Waals surface area contributed by atoms with Crippen LogP contribution in [-0.4, -0.2) is 17.6 Å². The Morgan fingerprint density at radius 3 is 2.50 bits per heavy atom. The number of nitrogen functional groups attached to an aromatic ring is 1. The standard InChI is InChI=1S/C19H18N2O3/c1-12-9-18(22)16-8-7-15(20)10-17(16)21(12)11-13-3-5-14(6-4-13)19(23)24-2/h3-10H,11,20H2,1-2H3. The maximum Gasteiger partial charge on any atom is 0.337 e. The van der Waals surface area contributed by atoms with E-state index in [0.717, 1.165) is 16.8 Å². The number of aromatic nitrogens is 1. The molecule has 3 aromatic rings. The van der Waals surface area contributed by atoms with E-state index in [2.05, 4.69) is 0 Å². The van der Waals surface area contributed by atoms with Crippen molar-refractivity contribution in [2.24, 2.45) is 0 Å². The molecule has 2 aromatic carbocycles. The number of carbonyl (C=O) groups excluding carboxylic acids is 1. The SMILES string of the molecule is COC(=O)c1ccc(Cn2c(C)cc(=O)c3ccc(N)cc32)cc1. The lowest BCUT2D eigenvalue weighted by Gasteiger charge is -2.15. The molecule has 1 heterocycles. The molecule has 2 N–H and O–H groups in total. The summed E-state index contributed by atoms with van der Waals surface area (Å²) in [7, 11) is 1.36. The normalized spacial score (nSPS) is 10.8. The number of nitrogens with zero attached hydrogens (tertiary/aromatic N) is 1. The second-order valence-corrected chi connectivity index (χ2v) is 5.70. The topological polar surface area (TPSA) is 74.3 Å². The summed E-state index contributed by atoms with van der Waals surface area (Å²) in [4.78, 5) is 23.7. The third-order valence-electron chi connectivity index (χ3n) is 4.06. The molecule has 0 radical (unpaired) electrons. The van der Waals surface area contributed by atoms with Gasteiger partial charge in [0.25, 0.3) is 0 Å². The maximum atomic E-state index is 12.2. The van der Waals surface area contributed by atoms with Crippen LogP contribution in [0.4, 0.5) is 5.69 Å². The lowest BCUT2D eigenvalue weighted by molar-refractivity contribution is 0.0600. The first-order chi connectivity index (χ1) is 11.5. The van der Waals surface area contributed by atoms with Gasteiger partial charge < -0.3 is 15.0 Å². The second kappa shape index (κ2) is 6.20. The predicted octanol–water partition coefficient (Wildman–Crippen LogP) is 2.73. The lowest BCUT2D eigenvalue weighted by atomic mass is 10.1. The van der Waals surface area contributed by atoms with Crippen LogP contribution in [0.2, 0.25) is 0 Å². The van der Waals surface area contributed by atoms with Gasteiger partial charge in [-0.2, -0.15) is 0 Å². The van der Waals surface area contributed by atoms with E-state index in [4.69, 9.17) is 10.5 Å². The van der Waals surface area contributed by atoms with Gasteiger partial charge in [-0.3, -0.25) is 4.79 Å². The average molecular weight is 322 g/mol. The molecule has 0 bridgehead atoms. The predicted molar refractivity (Wildman–Crippen MR) is 94.2 cm³/mol. The van der Waals surface area contributed by atoms with Gasteiger partial charge in [0.1, 0.15) is 0 Å². The number of hydrogen-bond acceptors (Lipinski definition) is 4. The lowest BCUT2D eigenvalue weighted by Crippen LogP contribution is -2.13. The number of benzene rings is 2. The zero-order valence-electron chi connectivity index (χ0n) is 13.6. The molecular formula is C19H18N2O3. The molecule has 0 unspecified atom stereocenters. The van der Waals surface area contributed by atoms with Crippen LogP contribution < -0.4 is 11.2 Å². The van der Waals surface area contributed by atoms with Crippen LogP contribution in [0.25, 0.3) is 10.9 Å². The number of aryl methyl sites for hydroxylation is 1. The Bertz CT molecular complexity index is 972. The Morgan fingerprint density at radius 1 is 1.12 bits per heavy atom. The number of rotatable bonds is 3. The average Bonchev–Trinajstić information content (AvgIpc) is 2.58. The van der Waals surface area contributed by atoms with Gasteiger partial charge in [-0.05, 0) is 42.8 Å². The van der Waals surface area contributed by atoms with Crippen molar-refractivity contribution in [3.63, 3.8) is 0 Å². The first-order valence-corrected chi connectivity index (χ1v) is 7.56. The fraction of sp³-hybridized carbons (Fsp3) is 0.158. The van der Waals surface area contributed by atoms with Crippen LogP contribution in [0.15, 0.2) is 53.3 Å². The third-order valence-corrected chi connectivity index (χ3v) is 4.06. The van der Waals surface area contributed by atoms with Gasteiger partial charge in [0, 0.05) is 29.4 Å². The summed E-state index contributed by atoms with van der Waals surface area (Å²) >= 11 is 0.